The molecule has 6 saturated carbocycles. The highest BCUT2D eigenvalue weighted by Gasteiger charge is 2.87. The molecule has 12 atom stereocenters. The lowest BCUT2D eigenvalue weighted by molar-refractivity contribution is -0.249. The number of nitrogens with zero attached hydrogens (tertiary/aromatic N) is 2. The number of nitriles is 2. The van der Waals surface area contributed by atoms with Gasteiger partial charge < -0.3 is 9.47 Å². The maximum atomic E-state index is 9.87. The Morgan fingerprint density at radius 1 is 0.738 bits per heavy atom. The maximum Gasteiger partial charge on any atom is 0.130 e. The summed E-state index contributed by atoms with van der Waals surface area (Å²) in [5.74, 6) is 8.16. The Bertz CT molecular complexity index is 1780. The number of allylic oxidation sites excluding steroid dienone is 2. The molecule has 0 saturated heterocycles. The summed E-state index contributed by atoms with van der Waals surface area (Å²) in [6.07, 6.45) is 4.93. The van der Waals surface area contributed by atoms with Gasteiger partial charge in [0, 0.05) is 21.9 Å². The first-order valence-electron chi connectivity index (χ1n) is 16.1. The number of hydrogen-bond donors (Lipinski definition) is 0. The normalized spacial score (nSPS) is 43.9. The zero-order chi connectivity index (χ0) is 28.4. The van der Waals surface area contributed by atoms with Crippen molar-refractivity contribution < 1.29 is 9.47 Å². The van der Waals surface area contributed by atoms with Gasteiger partial charge in [0.2, 0.25) is 0 Å². The molecule has 6 fully saturated rings. The predicted octanol–water partition coefficient (Wildman–Crippen LogP) is 8.12. The van der Waals surface area contributed by atoms with Gasteiger partial charge in [-0.3, -0.25) is 0 Å². The van der Waals surface area contributed by atoms with Crippen molar-refractivity contribution in [2.75, 3.05) is 14.2 Å². The smallest absolute Gasteiger partial charge is 0.130 e. The molecule has 4 unspecified atom stereocenters. The summed E-state index contributed by atoms with van der Waals surface area (Å²) in [5.41, 5.74) is 5.18. The summed E-state index contributed by atoms with van der Waals surface area (Å²) in [4.78, 5) is 0. The highest BCUT2D eigenvalue weighted by atomic mass is 16.5. The minimum absolute atomic E-state index is 0.298. The lowest BCUT2D eigenvalue weighted by Gasteiger charge is -2.73. The van der Waals surface area contributed by atoms with Gasteiger partial charge >= 0.3 is 0 Å². The first-order chi connectivity index (χ1) is 20.4. The van der Waals surface area contributed by atoms with Gasteiger partial charge in [0.05, 0.1) is 14.2 Å². The van der Waals surface area contributed by atoms with Crippen LogP contribution in [-0.2, 0) is 0 Å². The Morgan fingerprint density at radius 2 is 1.21 bits per heavy atom. The second kappa shape index (κ2) is 7.34. The summed E-state index contributed by atoms with van der Waals surface area (Å²) in [5, 5.41) is 24.6. The number of rotatable bonds is 2. The van der Waals surface area contributed by atoms with Crippen LogP contribution in [0.1, 0.15) is 62.5 Å². The molecule has 6 bridgehead atoms. The Morgan fingerprint density at radius 3 is 1.64 bits per heavy atom. The van der Waals surface area contributed by atoms with E-state index in [1.807, 2.05) is 14.2 Å². The van der Waals surface area contributed by atoms with Crippen molar-refractivity contribution in [3.8, 4) is 23.6 Å². The second-order valence-electron chi connectivity index (χ2n) is 15.2. The van der Waals surface area contributed by atoms with Gasteiger partial charge in [-0.1, -0.05) is 38.1 Å². The van der Waals surface area contributed by atoms with E-state index in [4.69, 9.17) is 9.47 Å². The molecular formula is C38H36N2O2. The lowest BCUT2D eigenvalue weighted by atomic mass is 9.30. The van der Waals surface area contributed by atoms with Crippen molar-refractivity contribution in [1.82, 2.24) is 0 Å². The second-order valence-corrected chi connectivity index (χ2v) is 15.2. The number of hydrogen-bond acceptors (Lipinski definition) is 4. The fourth-order valence-corrected chi connectivity index (χ4v) is 14.3. The molecule has 210 valence electrons. The summed E-state index contributed by atoms with van der Waals surface area (Å²) >= 11 is 0. The average Bonchev–Trinajstić information content (AvgIpc) is 3.84. The lowest BCUT2D eigenvalue weighted by Crippen LogP contribution is -2.69. The molecule has 0 aliphatic heterocycles. The Kier molecular flexibility index (Phi) is 4.19. The fourth-order valence-electron chi connectivity index (χ4n) is 14.3. The number of benzene rings is 3. The van der Waals surface area contributed by atoms with Crippen molar-refractivity contribution in [3.05, 3.63) is 58.7 Å². The van der Waals surface area contributed by atoms with E-state index in [0.29, 0.717) is 75.6 Å². The van der Waals surface area contributed by atoms with Gasteiger partial charge in [0.15, 0.2) is 0 Å². The minimum Gasteiger partial charge on any atom is -0.496 e. The molecule has 3 aromatic rings. The van der Waals surface area contributed by atoms with Crippen LogP contribution in [0.2, 0.25) is 0 Å². The van der Waals surface area contributed by atoms with Gasteiger partial charge in [-0.05, 0) is 124 Å². The van der Waals surface area contributed by atoms with Crippen LogP contribution in [0.5, 0.6) is 11.5 Å². The van der Waals surface area contributed by atoms with Gasteiger partial charge in [-0.15, -0.1) is 0 Å². The molecule has 42 heavy (non-hydrogen) atoms. The Balaban J connectivity index is 1.17. The number of ether oxygens (including phenoxy) is 2. The van der Waals surface area contributed by atoms with Crippen LogP contribution in [0.15, 0.2) is 47.5 Å². The summed E-state index contributed by atoms with van der Waals surface area (Å²) in [6.45, 7) is 5.33. The molecule has 0 amide bonds. The van der Waals surface area contributed by atoms with Crippen molar-refractivity contribution in [1.29, 1.82) is 10.5 Å². The van der Waals surface area contributed by atoms with E-state index in [9.17, 15) is 10.5 Å². The highest BCUT2D eigenvalue weighted by molar-refractivity contribution is 6.05. The third kappa shape index (κ3) is 2.17. The van der Waals surface area contributed by atoms with Crippen molar-refractivity contribution >= 4 is 21.5 Å². The molecule has 0 aromatic heterocycles. The van der Waals surface area contributed by atoms with Crippen LogP contribution in [-0.4, -0.2) is 14.2 Å². The van der Waals surface area contributed by atoms with Crippen LogP contribution in [0, 0.1) is 80.8 Å². The number of methoxy groups -OCH3 is 2. The van der Waals surface area contributed by atoms with E-state index in [-0.39, 0.29) is 0 Å². The van der Waals surface area contributed by atoms with Gasteiger partial charge in [-0.2, -0.15) is 10.5 Å². The molecule has 7 aliphatic rings. The van der Waals surface area contributed by atoms with Crippen LogP contribution in [0.4, 0.5) is 0 Å². The van der Waals surface area contributed by atoms with E-state index in [2.05, 4.69) is 62.4 Å². The van der Waals surface area contributed by atoms with Crippen molar-refractivity contribution in [3.63, 3.8) is 0 Å². The highest BCUT2D eigenvalue weighted by Crippen LogP contribution is 2.93. The maximum absolute atomic E-state index is 9.87. The minimum atomic E-state index is 0.298. The Labute approximate surface area is 247 Å². The van der Waals surface area contributed by atoms with Gasteiger partial charge in [0.25, 0.3) is 0 Å². The fraction of sp³-hybridized carbons (Fsp3) is 0.526. The standard InChI is InChI=1S/C38H36N2O2/c1-37-26-14-27(30-21-10-9-20(29(26)30)28(21)19(15-39)16-40)38(37,2)34-25-13-24(33(34)37)31-32(25)36(42-4)23-12-18-8-6-5-7-17(18)11-22(23)35(31)41-3/h5-8,11-12,20-21,24-27,29-30,33-34H,9-10,13-14H2,1-4H3/t20-,21+,24-,25+,26-,27+,29?,30?,33?,34?,37+,38-. The first-order valence-corrected chi connectivity index (χ1v) is 16.1. The molecule has 4 heteroatoms. The van der Waals surface area contributed by atoms with E-state index < -0.39 is 0 Å². The molecule has 10 rings (SSSR count). The van der Waals surface area contributed by atoms with E-state index in [1.54, 1.807) is 0 Å². The third-order valence-corrected chi connectivity index (χ3v) is 15.1. The van der Waals surface area contributed by atoms with Gasteiger partial charge in [-0.25, -0.2) is 0 Å². The first kappa shape index (κ1) is 24.0. The molecule has 0 spiro atoms. The average molecular weight is 553 g/mol. The Hall–Kier alpha value is -3.50. The third-order valence-electron chi connectivity index (χ3n) is 15.1. The zero-order valence-electron chi connectivity index (χ0n) is 24.8. The largest absolute Gasteiger partial charge is 0.496 e. The van der Waals surface area contributed by atoms with E-state index in [0.717, 1.165) is 11.5 Å². The topological polar surface area (TPSA) is 66.0 Å². The number of fused-ring (bicyclic) bond motifs is 24. The summed E-state index contributed by atoms with van der Waals surface area (Å²) < 4.78 is 12.7. The van der Waals surface area contributed by atoms with Crippen LogP contribution >= 0.6 is 0 Å². The molecule has 0 heterocycles. The molecule has 7 aliphatic carbocycles. The quantitative estimate of drug-likeness (QED) is 0.139. The molecule has 0 N–H and O–H groups in total. The van der Waals surface area contributed by atoms with Crippen molar-refractivity contribution in [2.45, 2.75) is 51.4 Å². The van der Waals surface area contributed by atoms with Crippen LogP contribution in [0.3, 0.4) is 0 Å². The van der Waals surface area contributed by atoms with E-state index >= 15 is 0 Å². The molecule has 4 nitrogen and oxygen atoms in total. The molecular weight excluding hydrogens is 516 g/mol. The monoisotopic (exact) mass is 552 g/mol. The summed E-state index contributed by atoms with van der Waals surface area (Å²) in [7, 11) is 3.72. The summed E-state index contributed by atoms with van der Waals surface area (Å²) in [6, 6.07) is 17.9. The van der Waals surface area contributed by atoms with Crippen LogP contribution < -0.4 is 9.47 Å². The zero-order valence-corrected chi connectivity index (χ0v) is 24.8. The molecule has 3 aromatic carbocycles. The SMILES string of the molecule is COc1c2c(c(OC)c3cc4ccccc4cc13)[C@@H]1C[C@H]2C2C1[C@@]1(C)[C@H]3C[C@H](C4C3[C@H]3CC[C@@H]4C3=C(C#N)C#N)[C@@]21C. The van der Waals surface area contributed by atoms with Crippen molar-refractivity contribution in [2.24, 2.45) is 58.2 Å². The molecule has 0 radical (unpaired) electrons. The van der Waals surface area contributed by atoms with Crippen LogP contribution in [0.25, 0.3) is 21.5 Å². The predicted molar refractivity (Wildman–Crippen MR) is 161 cm³/mol. The van der Waals surface area contributed by atoms with E-state index in [1.165, 1.54) is 63.9 Å². The van der Waals surface area contributed by atoms with Gasteiger partial charge in [0.1, 0.15) is 29.2 Å².